The summed E-state index contributed by atoms with van der Waals surface area (Å²) in [4.78, 5) is 2.57. The van der Waals surface area contributed by atoms with Crippen molar-refractivity contribution in [2.24, 2.45) is 0 Å². The molecule has 2 atom stereocenters. The summed E-state index contributed by atoms with van der Waals surface area (Å²) in [7, 11) is 0. The quantitative estimate of drug-likeness (QED) is 0.731. The molecule has 1 aliphatic carbocycles. The molecule has 0 radical (unpaired) electrons. The smallest absolute Gasteiger partial charge is 0.170 e. The van der Waals surface area contributed by atoms with Gasteiger partial charge < -0.3 is 14.2 Å². The predicted octanol–water partition coefficient (Wildman–Crippen LogP) is 1.39. The molecule has 17 heavy (non-hydrogen) atoms. The van der Waals surface area contributed by atoms with Gasteiger partial charge in [-0.05, 0) is 19.4 Å². The summed E-state index contributed by atoms with van der Waals surface area (Å²) in [6, 6.07) is 0.496. The third kappa shape index (κ3) is 2.24. The van der Waals surface area contributed by atoms with Gasteiger partial charge in [-0.15, -0.1) is 0 Å². The van der Waals surface area contributed by atoms with Gasteiger partial charge in [0.1, 0.15) is 0 Å². The minimum absolute atomic E-state index is 0.284. The van der Waals surface area contributed by atoms with Crippen LogP contribution in [0.3, 0.4) is 0 Å². The number of hydrogen-bond donors (Lipinski definition) is 0. The highest BCUT2D eigenvalue weighted by Crippen LogP contribution is 2.39. The zero-order chi connectivity index (χ0) is 11.7. The molecule has 3 rings (SSSR count). The van der Waals surface area contributed by atoms with Crippen LogP contribution in [0.4, 0.5) is 0 Å². The largest absolute Gasteiger partial charge is 0.375 e. The van der Waals surface area contributed by atoms with Crippen LogP contribution in [-0.4, -0.2) is 55.7 Å². The highest BCUT2D eigenvalue weighted by atomic mass is 16.7. The first-order valence-corrected chi connectivity index (χ1v) is 6.96. The predicted molar refractivity (Wildman–Crippen MR) is 63.9 cm³/mol. The van der Waals surface area contributed by atoms with E-state index >= 15 is 0 Å². The van der Waals surface area contributed by atoms with Gasteiger partial charge in [0, 0.05) is 25.4 Å². The third-order valence-electron chi connectivity index (χ3n) is 4.26. The maximum absolute atomic E-state index is 5.91. The molecule has 4 heteroatoms. The number of rotatable bonds is 2. The number of hydrogen-bond acceptors (Lipinski definition) is 4. The van der Waals surface area contributed by atoms with Crippen molar-refractivity contribution in [3.8, 4) is 0 Å². The molecule has 0 aromatic carbocycles. The number of morpholine rings is 1. The molecule has 4 nitrogen and oxygen atoms in total. The molecule has 0 aromatic rings. The summed E-state index contributed by atoms with van der Waals surface area (Å²) in [6.07, 6.45) is 4.66. The molecule has 2 heterocycles. The number of nitrogens with zero attached hydrogens (tertiary/aromatic N) is 1. The van der Waals surface area contributed by atoms with Gasteiger partial charge in [-0.2, -0.15) is 0 Å². The highest BCUT2D eigenvalue weighted by molar-refractivity contribution is 4.95. The molecule has 0 amide bonds. The Morgan fingerprint density at radius 2 is 2.06 bits per heavy atom. The Balaban J connectivity index is 1.71. The fourth-order valence-electron chi connectivity index (χ4n) is 3.48. The first-order chi connectivity index (χ1) is 8.33. The first kappa shape index (κ1) is 11.9. The number of fused-ring (bicyclic) bond motifs is 1. The van der Waals surface area contributed by atoms with Crippen LogP contribution in [0.25, 0.3) is 0 Å². The van der Waals surface area contributed by atoms with Gasteiger partial charge in [0.05, 0.1) is 25.9 Å². The lowest BCUT2D eigenvalue weighted by atomic mass is 9.85. The van der Waals surface area contributed by atoms with Gasteiger partial charge in [0.15, 0.2) is 5.79 Å². The molecule has 1 spiro atoms. The van der Waals surface area contributed by atoms with Crippen molar-refractivity contribution >= 4 is 0 Å². The Bertz CT molecular complexity index is 263. The Labute approximate surface area is 103 Å². The first-order valence-electron chi connectivity index (χ1n) is 6.96. The zero-order valence-electron chi connectivity index (χ0n) is 10.7. The summed E-state index contributed by atoms with van der Waals surface area (Å²) < 4.78 is 17.6. The fraction of sp³-hybridized carbons (Fsp3) is 1.00. The summed E-state index contributed by atoms with van der Waals surface area (Å²) in [5.74, 6) is -0.284. The van der Waals surface area contributed by atoms with Crippen LogP contribution in [0.1, 0.15) is 32.6 Å². The molecule has 2 aliphatic heterocycles. The summed E-state index contributed by atoms with van der Waals surface area (Å²) >= 11 is 0. The van der Waals surface area contributed by atoms with E-state index in [0.29, 0.717) is 12.1 Å². The van der Waals surface area contributed by atoms with Gasteiger partial charge >= 0.3 is 0 Å². The van der Waals surface area contributed by atoms with Crippen molar-refractivity contribution in [1.82, 2.24) is 4.90 Å². The SMILES string of the molecule is CCCN1CCO[C@@H]2CCC3(C[C@H]21)OCCO3. The van der Waals surface area contributed by atoms with Crippen molar-refractivity contribution in [2.45, 2.75) is 50.5 Å². The number of ether oxygens (including phenoxy) is 3. The second kappa shape index (κ2) is 4.84. The van der Waals surface area contributed by atoms with Crippen LogP contribution in [0, 0.1) is 0 Å². The van der Waals surface area contributed by atoms with Gasteiger partial charge in [0.2, 0.25) is 0 Å². The van der Waals surface area contributed by atoms with E-state index in [0.717, 1.165) is 45.6 Å². The highest BCUT2D eigenvalue weighted by Gasteiger charge is 2.48. The van der Waals surface area contributed by atoms with Crippen molar-refractivity contribution in [1.29, 1.82) is 0 Å². The Kier molecular flexibility index (Phi) is 3.39. The van der Waals surface area contributed by atoms with E-state index in [1.165, 1.54) is 13.0 Å². The van der Waals surface area contributed by atoms with Crippen LogP contribution in [0.2, 0.25) is 0 Å². The summed E-state index contributed by atoms with van der Waals surface area (Å²) in [5.41, 5.74) is 0. The second-order valence-electron chi connectivity index (χ2n) is 5.36. The maximum atomic E-state index is 5.91. The van der Waals surface area contributed by atoms with Crippen LogP contribution in [0.5, 0.6) is 0 Å². The van der Waals surface area contributed by atoms with Crippen LogP contribution in [-0.2, 0) is 14.2 Å². The molecular formula is C13H23NO3. The Hall–Kier alpha value is -0.160. The van der Waals surface area contributed by atoms with Crippen molar-refractivity contribution in [2.75, 3.05) is 32.9 Å². The fourth-order valence-corrected chi connectivity index (χ4v) is 3.48. The van der Waals surface area contributed by atoms with E-state index in [1.54, 1.807) is 0 Å². The molecule has 3 fully saturated rings. The summed E-state index contributed by atoms with van der Waals surface area (Å²) in [6.45, 7) is 6.87. The molecule has 0 aromatic heterocycles. The van der Waals surface area contributed by atoms with E-state index < -0.39 is 0 Å². The molecule has 3 aliphatic rings. The average molecular weight is 241 g/mol. The maximum Gasteiger partial charge on any atom is 0.170 e. The van der Waals surface area contributed by atoms with Crippen LogP contribution in [0.15, 0.2) is 0 Å². The average Bonchev–Trinajstić information content (AvgIpc) is 2.79. The summed E-state index contributed by atoms with van der Waals surface area (Å²) in [5, 5.41) is 0. The standard InChI is InChI=1S/C13H23NO3/c1-2-5-14-6-7-15-12-3-4-13(10-11(12)14)16-8-9-17-13/h11-12H,2-10H2,1H3/t11-,12-/m1/s1. The lowest BCUT2D eigenvalue weighted by Gasteiger charge is -2.48. The normalized spacial score (nSPS) is 37.2. The second-order valence-corrected chi connectivity index (χ2v) is 5.36. The molecule has 0 bridgehead atoms. The minimum Gasteiger partial charge on any atom is -0.375 e. The molecule has 98 valence electrons. The molecule has 0 unspecified atom stereocenters. The van der Waals surface area contributed by atoms with Crippen molar-refractivity contribution in [3.05, 3.63) is 0 Å². The van der Waals surface area contributed by atoms with Gasteiger partial charge in [0.25, 0.3) is 0 Å². The van der Waals surface area contributed by atoms with E-state index in [4.69, 9.17) is 14.2 Å². The van der Waals surface area contributed by atoms with Gasteiger partial charge in [-0.3, -0.25) is 4.90 Å². The van der Waals surface area contributed by atoms with E-state index in [2.05, 4.69) is 11.8 Å². The van der Waals surface area contributed by atoms with E-state index in [-0.39, 0.29) is 5.79 Å². The third-order valence-corrected chi connectivity index (χ3v) is 4.26. The Morgan fingerprint density at radius 3 is 2.82 bits per heavy atom. The van der Waals surface area contributed by atoms with E-state index in [1.807, 2.05) is 0 Å². The zero-order valence-corrected chi connectivity index (χ0v) is 10.7. The minimum atomic E-state index is -0.284. The lowest BCUT2D eigenvalue weighted by Crippen LogP contribution is -2.58. The van der Waals surface area contributed by atoms with Crippen LogP contribution < -0.4 is 0 Å². The Morgan fingerprint density at radius 1 is 1.24 bits per heavy atom. The van der Waals surface area contributed by atoms with Gasteiger partial charge in [-0.25, -0.2) is 0 Å². The molecule has 0 N–H and O–H groups in total. The van der Waals surface area contributed by atoms with Crippen molar-refractivity contribution < 1.29 is 14.2 Å². The molecule has 2 saturated heterocycles. The van der Waals surface area contributed by atoms with Gasteiger partial charge in [-0.1, -0.05) is 6.92 Å². The van der Waals surface area contributed by atoms with Crippen LogP contribution >= 0.6 is 0 Å². The monoisotopic (exact) mass is 241 g/mol. The van der Waals surface area contributed by atoms with E-state index in [9.17, 15) is 0 Å². The molecule has 1 saturated carbocycles. The van der Waals surface area contributed by atoms with Crippen molar-refractivity contribution in [3.63, 3.8) is 0 Å². The molecular weight excluding hydrogens is 218 g/mol. The topological polar surface area (TPSA) is 30.9 Å². The lowest BCUT2D eigenvalue weighted by molar-refractivity contribution is -0.221.